The Kier molecular flexibility index (Phi) is 4.65. The van der Waals surface area contributed by atoms with Gasteiger partial charge in [-0.1, -0.05) is 24.2 Å². The maximum atomic E-state index is 5.91. The third-order valence-corrected chi connectivity index (χ3v) is 2.88. The fraction of sp³-hybridized carbons (Fsp3) is 0.429. The lowest BCUT2D eigenvalue weighted by Crippen LogP contribution is -2.18. The molecule has 0 fully saturated rings. The van der Waals surface area contributed by atoms with Gasteiger partial charge in [0.1, 0.15) is 0 Å². The molecule has 0 bridgehead atoms. The van der Waals surface area contributed by atoms with Gasteiger partial charge < -0.3 is 15.0 Å². The quantitative estimate of drug-likeness (QED) is 0.863. The molecule has 102 valence electrons. The standard InChI is InChI=1S/C14H19N3O2/c1-3-10-5-7-11(8-6-10)14-16-13(17-19-14)12(15)9-18-4-2/h5-8,12H,3-4,9,15H2,1-2H3. The Labute approximate surface area is 112 Å². The number of hydrogen-bond donors (Lipinski definition) is 1. The van der Waals surface area contributed by atoms with E-state index in [1.165, 1.54) is 5.56 Å². The van der Waals surface area contributed by atoms with Crippen LogP contribution in [0.25, 0.3) is 11.5 Å². The highest BCUT2D eigenvalue weighted by Gasteiger charge is 2.15. The molecule has 1 heterocycles. The first-order chi connectivity index (χ1) is 9.24. The van der Waals surface area contributed by atoms with E-state index in [-0.39, 0.29) is 6.04 Å². The van der Waals surface area contributed by atoms with Gasteiger partial charge in [-0.05, 0) is 31.0 Å². The zero-order chi connectivity index (χ0) is 13.7. The molecule has 19 heavy (non-hydrogen) atoms. The summed E-state index contributed by atoms with van der Waals surface area (Å²) in [6.45, 7) is 5.05. The molecule has 0 aliphatic carbocycles. The molecule has 1 aromatic heterocycles. The summed E-state index contributed by atoms with van der Waals surface area (Å²) in [7, 11) is 0. The van der Waals surface area contributed by atoms with Gasteiger partial charge in [0, 0.05) is 12.2 Å². The summed E-state index contributed by atoms with van der Waals surface area (Å²) < 4.78 is 10.5. The lowest BCUT2D eigenvalue weighted by atomic mass is 10.1. The van der Waals surface area contributed by atoms with Crippen LogP contribution in [-0.2, 0) is 11.2 Å². The van der Waals surface area contributed by atoms with E-state index in [2.05, 4.69) is 29.2 Å². The Hall–Kier alpha value is -1.72. The van der Waals surface area contributed by atoms with E-state index in [0.717, 1.165) is 12.0 Å². The van der Waals surface area contributed by atoms with E-state index < -0.39 is 0 Å². The molecule has 0 aliphatic heterocycles. The SMILES string of the molecule is CCOCC(N)c1noc(-c2ccc(CC)cc2)n1. The molecule has 1 atom stereocenters. The van der Waals surface area contributed by atoms with Crippen LogP contribution in [0.15, 0.2) is 28.8 Å². The Morgan fingerprint density at radius 2 is 2.00 bits per heavy atom. The molecule has 0 amide bonds. The number of nitrogens with zero attached hydrogens (tertiary/aromatic N) is 2. The maximum Gasteiger partial charge on any atom is 0.257 e. The highest BCUT2D eigenvalue weighted by Crippen LogP contribution is 2.19. The summed E-state index contributed by atoms with van der Waals surface area (Å²) in [5, 5.41) is 3.90. The lowest BCUT2D eigenvalue weighted by Gasteiger charge is -2.05. The van der Waals surface area contributed by atoms with Crippen molar-refractivity contribution in [3.05, 3.63) is 35.7 Å². The van der Waals surface area contributed by atoms with Crippen LogP contribution in [0.4, 0.5) is 0 Å². The van der Waals surface area contributed by atoms with E-state index in [4.69, 9.17) is 15.0 Å². The van der Waals surface area contributed by atoms with Crippen molar-refractivity contribution in [3.8, 4) is 11.5 Å². The normalized spacial score (nSPS) is 12.6. The van der Waals surface area contributed by atoms with Gasteiger partial charge in [-0.25, -0.2) is 0 Å². The molecule has 5 heteroatoms. The largest absolute Gasteiger partial charge is 0.380 e. The zero-order valence-corrected chi connectivity index (χ0v) is 11.3. The summed E-state index contributed by atoms with van der Waals surface area (Å²) in [6, 6.07) is 7.71. The first-order valence-electron chi connectivity index (χ1n) is 6.50. The van der Waals surface area contributed by atoms with Crippen molar-refractivity contribution in [3.63, 3.8) is 0 Å². The molecule has 5 nitrogen and oxygen atoms in total. The molecular weight excluding hydrogens is 242 g/mol. The third kappa shape index (κ3) is 3.39. The summed E-state index contributed by atoms with van der Waals surface area (Å²) in [4.78, 5) is 4.31. The molecule has 2 N–H and O–H groups in total. The van der Waals surface area contributed by atoms with Gasteiger partial charge in [-0.15, -0.1) is 0 Å². The van der Waals surface area contributed by atoms with Gasteiger partial charge in [-0.3, -0.25) is 0 Å². The average molecular weight is 261 g/mol. The van der Waals surface area contributed by atoms with E-state index in [1.54, 1.807) is 0 Å². The topological polar surface area (TPSA) is 74.2 Å². The Morgan fingerprint density at radius 1 is 1.26 bits per heavy atom. The molecule has 0 saturated carbocycles. The Bertz CT molecular complexity index is 508. The van der Waals surface area contributed by atoms with Crippen molar-refractivity contribution in [1.82, 2.24) is 10.1 Å². The number of ether oxygens (including phenoxy) is 1. The summed E-state index contributed by atoms with van der Waals surface area (Å²) in [5.41, 5.74) is 8.09. The molecule has 0 radical (unpaired) electrons. The van der Waals surface area contributed by atoms with Crippen LogP contribution in [0, 0.1) is 0 Å². The number of benzene rings is 1. The van der Waals surface area contributed by atoms with Crippen LogP contribution in [0.5, 0.6) is 0 Å². The molecule has 1 aromatic carbocycles. The van der Waals surface area contributed by atoms with Gasteiger partial charge in [0.25, 0.3) is 5.89 Å². The smallest absolute Gasteiger partial charge is 0.257 e. The van der Waals surface area contributed by atoms with Crippen LogP contribution in [0.1, 0.15) is 31.3 Å². The van der Waals surface area contributed by atoms with E-state index in [1.807, 2.05) is 19.1 Å². The average Bonchev–Trinajstić information content (AvgIpc) is 2.94. The minimum atomic E-state index is -0.354. The summed E-state index contributed by atoms with van der Waals surface area (Å²) >= 11 is 0. The highest BCUT2D eigenvalue weighted by molar-refractivity contribution is 5.53. The van der Waals surface area contributed by atoms with Crippen LogP contribution < -0.4 is 5.73 Å². The van der Waals surface area contributed by atoms with E-state index in [9.17, 15) is 0 Å². The van der Waals surface area contributed by atoms with Crippen molar-refractivity contribution in [1.29, 1.82) is 0 Å². The van der Waals surface area contributed by atoms with Crippen molar-refractivity contribution >= 4 is 0 Å². The Balaban J connectivity index is 2.11. The number of aryl methyl sites for hydroxylation is 1. The number of aromatic nitrogens is 2. The van der Waals surface area contributed by atoms with Crippen LogP contribution in [-0.4, -0.2) is 23.4 Å². The minimum absolute atomic E-state index is 0.354. The van der Waals surface area contributed by atoms with Gasteiger partial charge in [-0.2, -0.15) is 4.98 Å². The second kappa shape index (κ2) is 6.45. The zero-order valence-electron chi connectivity index (χ0n) is 11.3. The molecular formula is C14H19N3O2. The summed E-state index contributed by atoms with van der Waals surface area (Å²) in [6.07, 6.45) is 1.01. The number of nitrogens with two attached hydrogens (primary N) is 1. The van der Waals surface area contributed by atoms with Gasteiger partial charge in [0.05, 0.1) is 12.6 Å². The summed E-state index contributed by atoms with van der Waals surface area (Å²) in [5.74, 6) is 0.965. The maximum absolute atomic E-state index is 5.91. The molecule has 0 spiro atoms. The van der Waals surface area contributed by atoms with Crippen LogP contribution in [0.3, 0.4) is 0 Å². The van der Waals surface area contributed by atoms with E-state index >= 15 is 0 Å². The van der Waals surface area contributed by atoms with Crippen molar-refractivity contribution in [2.45, 2.75) is 26.3 Å². The Morgan fingerprint density at radius 3 is 2.63 bits per heavy atom. The van der Waals surface area contributed by atoms with Crippen molar-refractivity contribution < 1.29 is 9.26 Å². The molecule has 1 unspecified atom stereocenters. The van der Waals surface area contributed by atoms with Gasteiger partial charge >= 0.3 is 0 Å². The molecule has 2 aromatic rings. The van der Waals surface area contributed by atoms with Crippen molar-refractivity contribution in [2.24, 2.45) is 5.73 Å². The highest BCUT2D eigenvalue weighted by atomic mass is 16.5. The predicted octanol–water partition coefficient (Wildman–Crippen LogP) is 2.34. The predicted molar refractivity (Wildman–Crippen MR) is 72.5 cm³/mol. The fourth-order valence-electron chi connectivity index (χ4n) is 1.71. The monoisotopic (exact) mass is 261 g/mol. The second-order valence-corrected chi connectivity index (χ2v) is 4.27. The van der Waals surface area contributed by atoms with Gasteiger partial charge in [0.15, 0.2) is 5.82 Å². The first-order valence-corrected chi connectivity index (χ1v) is 6.50. The number of rotatable bonds is 6. The first kappa shape index (κ1) is 13.7. The molecule has 0 aliphatic rings. The molecule has 2 rings (SSSR count). The van der Waals surface area contributed by atoms with Gasteiger partial charge in [0.2, 0.25) is 0 Å². The lowest BCUT2D eigenvalue weighted by molar-refractivity contribution is 0.130. The number of hydrogen-bond acceptors (Lipinski definition) is 5. The van der Waals surface area contributed by atoms with Crippen LogP contribution in [0.2, 0.25) is 0 Å². The second-order valence-electron chi connectivity index (χ2n) is 4.27. The van der Waals surface area contributed by atoms with E-state index in [0.29, 0.717) is 24.9 Å². The van der Waals surface area contributed by atoms with Crippen molar-refractivity contribution in [2.75, 3.05) is 13.2 Å². The molecule has 0 saturated heterocycles. The fourth-order valence-corrected chi connectivity index (χ4v) is 1.71. The third-order valence-electron chi connectivity index (χ3n) is 2.88. The van der Waals surface area contributed by atoms with Crippen LogP contribution >= 0.6 is 0 Å². The minimum Gasteiger partial charge on any atom is -0.380 e.